The SMILES string of the molecule is CC(=O)OCCN1CCN(C2(C)c3c(C)c(OC(C)=O)c(C)c(C)c3OC2(C)C)CC1. The standard InChI is InChI=1S/C24H36N2O5/c1-15-16(2)22-20(17(3)21(15)30-19(5)28)24(8,23(6,7)31-22)26-11-9-25(10-12-26)13-14-29-18(4)27/h9-14H2,1-8H3. The second kappa shape index (κ2) is 8.43. The van der Waals surface area contributed by atoms with Gasteiger partial charge >= 0.3 is 11.9 Å². The second-order valence-electron chi connectivity index (χ2n) is 9.36. The Labute approximate surface area is 185 Å². The van der Waals surface area contributed by atoms with E-state index in [4.69, 9.17) is 14.2 Å². The Kier molecular flexibility index (Phi) is 6.40. The molecule has 0 aliphatic carbocycles. The highest BCUT2D eigenvalue weighted by molar-refractivity contribution is 5.73. The van der Waals surface area contributed by atoms with Crippen molar-refractivity contribution in [1.82, 2.24) is 9.80 Å². The molecule has 2 aliphatic rings. The normalized spacial score (nSPS) is 23.2. The van der Waals surface area contributed by atoms with Crippen molar-refractivity contribution in [3.8, 4) is 11.5 Å². The number of carbonyl (C=O) groups is 2. The van der Waals surface area contributed by atoms with Crippen LogP contribution in [0.1, 0.15) is 56.9 Å². The molecule has 7 nitrogen and oxygen atoms in total. The molecule has 1 atom stereocenters. The summed E-state index contributed by atoms with van der Waals surface area (Å²) in [6.07, 6.45) is 0. The predicted molar refractivity (Wildman–Crippen MR) is 119 cm³/mol. The molecule has 7 heteroatoms. The molecule has 3 rings (SSSR count). The van der Waals surface area contributed by atoms with Gasteiger partial charge in [0, 0.05) is 57.7 Å². The zero-order valence-electron chi connectivity index (χ0n) is 20.2. The van der Waals surface area contributed by atoms with Crippen molar-refractivity contribution in [2.24, 2.45) is 0 Å². The minimum absolute atomic E-state index is 0.239. The minimum atomic E-state index is -0.452. The van der Waals surface area contributed by atoms with Crippen LogP contribution in [-0.2, 0) is 19.9 Å². The van der Waals surface area contributed by atoms with E-state index < -0.39 is 5.60 Å². The highest BCUT2D eigenvalue weighted by Crippen LogP contribution is 2.56. The summed E-state index contributed by atoms with van der Waals surface area (Å²) in [5.41, 5.74) is 3.23. The van der Waals surface area contributed by atoms with Gasteiger partial charge < -0.3 is 14.2 Å². The lowest BCUT2D eigenvalue weighted by molar-refractivity contribution is -0.141. The fraction of sp³-hybridized carbons (Fsp3) is 0.667. The molecule has 172 valence electrons. The molecule has 1 aromatic rings. The summed E-state index contributed by atoms with van der Waals surface area (Å²) >= 11 is 0. The Hall–Kier alpha value is -2.12. The van der Waals surface area contributed by atoms with Crippen molar-refractivity contribution >= 4 is 11.9 Å². The topological polar surface area (TPSA) is 68.3 Å². The summed E-state index contributed by atoms with van der Waals surface area (Å²) in [5, 5.41) is 0. The highest BCUT2D eigenvalue weighted by Gasteiger charge is 2.57. The Morgan fingerprint density at radius 1 is 0.935 bits per heavy atom. The van der Waals surface area contributed by atoms with Crippen LogP contribution < -0.4 is 9.47 Å². The molecule has 1 saturated heterocycles. The first-order valence-electron chi connectivity index (χ1n) is 11.0. The molecule has 0 spiro atoms. The lowest BCUT2D eigenvalue weighted by Gasteiger charge is -2.49. The Morgan fingerprint density at radius 2 is 1.55 bits per heavy atom. The maximum Gasteiger partial charge on any atom is 0.308 e. The molecule has 0 amide bonds. The van der Waals surface area contributed by atoms with Crippen LogP contribution in [0.15, 0.2) is 0 Å². The minimum Gasteiger partial charge on any atom is -0.485 e. The van der Waals surface area contributed by atoms with Gasteiger partial charge in [0.15, 0.2) is 0 Å². The molecule has 0 N–H and O–H groups in total. The Bertz CT molecular complexity index is 887. The van der Waals surface area contributed by atoms with Crippen molar-refractivity contribution in [2.75, 3.05) is 39.3 Å². The lowest BCUT2D eigenvalue weighted by Crippen LogP contribution is -2.61. The van der Waals surface area contributed by atoms with Crippen molar-refractivity contribution in [2.45, 2.75) is 66.5 Å². The molecule has 0 aromatic heterocycles. The number of nitrogens with zero attached hydrogens (tertiary/aromatic N) is 2. The van der Waals surface area contributed by atoms with E-state index in [1.807, 2.05) is 20.8 Å². The molecule has 1 fully saturated rings. The number of hydrogen-bond acceptors (Lipinski definition) is 7. The summed E-state index contributed by atoms with van der Waals surface area (Å²) in [7, 11) is 0. The van der Waals surface area contributed by atoms with Crippen molar-refractivity contribution in [3.05, 3.63) is 22.3 Å². The highest BCUT2D eigenvalue weighted by atomic mass is 16.5. The summed E-state index contributed by atoms with van der Waals surface area (Å²) < 4.78 is 17.3. The molecule has 2 aliphatic heterocycles. The quantitative estimate of drug-likeness (QED) is 0.523. The first kappa shape index (κ1) is 23.5. The van der Waals surface area contributed by atoms with Gasteiger partial charge in [0.05, 0.1) is 5.54 Å². The van der Waals surface area contributed by atoms with E-state index in [-0.39, 0.29) is 17.5 Å². The third kappa shape index (κ3) is 4.05. The molecule has 31 heavy (non-hydrogen) atoms. The summed E-state index contributed by atoms with van der Waals surface area (Å²) in [5.74, 6) is 1.01. The number of rotatable bonds is 5. The zero-order chi connectivity index (χ0) is 23.1. The number of carbonyl (C=O) groups excluding carboxylic acids is 2. The number of hydrogen-bond donors (Lipinski definition) is 0. The zero-order valence-corrected chi connectivity index (χ0v) is 20.2. The fourth-order valence-electron chi connectivity index (χ4n) is 5.04. The monoisotopic (exact) mass is 432 g/mol. The molecule has 0 bridgehead atoms. The van der Waals surface area contributed by atoms with Gasteiger partial charge in [0.2, 0.25) is 0 Å². The average Bonchev–Trinajstić information content (AvgIpc) is 2.91. The van der Waals surface area contributed by atoms with Crippen LogP contribution in [0.2, 0.25) is 0 Å². The maximum atomic E-state index is 11.8. The van der Waals surface area contributed by atoms with E-state index in [9.17, 15) is 9.59 Å². The van der Waals surface area contributed by atoms with Gasteiger partial charge in [-0.1, -0.05) is 0 Å². The summed E-state index contributed by atoms with van der Waals surface area (Å²) in [6.45, 7) is 20.1. The van der Waals surface area contributed by atoms with Gasteiger partial charge in [0.25, 0.3) is 0 Å². The number of benzene rings is 1. The van der Waals surface area contributed by atoms with Crippen LogP contribution in [0.4, 0.5) is 0 Å². The van der Waals surface area contributed by atoms with Gasteiger partial charge in [-0.3, -0.25) is 19.4 Å². The van der Waals surface area contributed by atoms with Crippen LogP contribution in [0.3, 0.4) is 0 Å². The first-order valence-corrected chi connectivity index (χ1v) is 11.0. The summed E-state index contributed by atoms with van der Waals surface area (Å²) in [6, 6.07) is 0. The third-order valence-electron chi connectivity index (χ3n) is 7.17. The van der Waals surface area contributed by atoms with E-state index >= 15 is 0 Å². The molecule has 2 heterocycles. The second-order valence-corrected chi connectivity index (χ2v) is 9.36. The molecular weight excluding hydrogens is 396 g/mol. The molecule has 1 unspecified atom stereocenters. The molecule has 1 aromatic carbocycles. The maximum absolute atomic E-state index is 11.8. The average molecular weight is 433 g/mol. The first-order chi connectivity index (χ1) is 14.4. The Balaban J connectivity index is 1.93. The Morgan fingerprint density at radius 3 is 2.10 bits per heavy atom. The van der Waals surface area contributed by atoms with E-state index in [0.29, 0.717) is 12.4 Å². The smallest absolute Gasteiger partial charge is 0.308 e. The lowest BCUT2D eigenvalue weighted by atomic mass is 9.75. The van der Waals surface area contributed by atoms with Crippen LogP contribution in [0, 0.1) is 20.8 Å². The van der Waals surface area contributed by atoms with Crippen LogP contribution in [0.5, 0.6) is 11.5 Å². The molecule has 0 saturated carbocycles. The fourth-order valence-corrected chi connectivity index (χ4v) is 5.04. The van der Waals surface area contributed by atoms with Crippen LogP contribution in [-0.4, -0.2) is 66.7 Å². The third-order valence-corrected chi connectivity index (χ3v) is 7.17. The molecule has 0 radical (unpaired) electrons. The van der Waals surface area contributed by atoms with E-state index in [1.54, 1.807) is 0 Å². The van der Waals surface area contributed by atoms with Gasteiger partial charge in [-0.25, -0.2) is 0 Å². The van der Waals surface area contributed by atoms with E-state index in [0.717, 1.165) is 60.7 Å². The van der Waals surface area contributed by atoms with Gasteiger partial charge in [-0.05, 0) is 52.7 Å². The van der Waals surface area contributed by atoms with Crippen molar-refractivity contribution < 1.29 is 23.8 Å². The van der Waals surface area contributed by atoms with Gasteiger partial charge in [-0.2, -0.15) is 0 Å². The van der Waals surface area contributed by atoms with E-state index in [2.05, 4.69) is 30.6 Å². The number of fused-ring (bicyclic) bond motifs is 1. The van der Waals surface area contributed by atoms with Gasteiger partial charge in [-0.15, -0.1) is 0 Å². The van der Waals surface area contributed by atoms with Crippen LogP contribution >= 0.6 is 0 Å². The van der Waals surface area contributed by atoms with Crippen molar-refractivity contribution in [1.29, 1.82) is 0 Å². The number of ether oxygens (including phenoxy) is 3. The number of piperazine rings is 1. The predicted octanol–water partition coefficient (Wildman–Crippen LogP) is 3.10. The van der Waals surface area contributed by atoms with Gasteiger partial charge in [0.1, 0.15) is 23.7 Å². The largest absolute Gasteiger partial charge is 0.485 e. The molecular formula is C24H36N2O5. The van der Waals surface area contributed by atoms with E-state index in [1.165, 1.54) is 13.8 Å². The summed E-state index contributed by atoms with van der Waals surface area (Å²) in [4.78, 5) is 27.6. The van der Waals surface area contributed by atoms with Crippen molar-refractivity contribution in [3.63, 3.8) is 0 Å². The van der Waals surface area contributed by atoms with Crippen LogP contribution in [0.25, 0.3) is 0 Å². The number of esters is 2.